The summed E-state index contributed by atoms with van der Waals surface area (Å²) in [6.07, 6.45) is -0.164. The Morgan fingerprint density at radius 3 is 2.83 bits per heavy atom. The quantitative estimate of drug-likeness (QED) is 0.891. The standard InChI is InChI=1S/C13H12ClNO3/c14-9-3-1-2-8(6-9)11-4-5-12(18-11)10(15)7-13(16)17/h1-6,10H,7,15H2,(H,16,17). The number of halogens is 1. The normalized spacial score (nSPS) is 12.3. The Balaban J connectivity index is 2.22. The molecule has 1 aromatic carbocycles. The van der Waals surface area contributed by atoms with Gasteiger partial charge in [-0.25, -0.2) is 0 Å². The van der Waals surface area contributed by atoms with Crippen LogP contribution in [-0.2, 0) is 4.79 Å². The number of nitrogens with two attached hydrogens (primary N) is 1. The van der Waals surface area contributed by atoms with Crippen LogP contribution in [0.5, 0.6) is 0 Å². The van der Waals surface area contributed by atoms with E-state index in [9.17, 15) is 4.79 Å². The molecule has 5 heteroatoms. The minimum absolute atomic E-state index is 0.164. The topological polar surface area (TPSA) is 76.5 Å². The SMILES string of the molecule is NC(CC(=O)O)c1ccc(-c2cccc(Cl)c2)o1. The minimum atomic E-state index is -0.955. The molecule has 1 heterocycles. The Bertz CT molecular complexity index is 565. The van der Waals surface area contributed by atoms with Crippen LogP contribution in [0.2, 0.25) is 5.02 Å². The zero-order chi connectivity index (χ0) is 13.1. The van der Waals surface area contributed by atoms with E-state index in [2.05, 4.69) is 0 Å². The third-order valence-corrected chi connectivity index (χ3v) is 2.73. The largest absolute Gasteiger partial charge is 0.481 e. The Morgan fingerprint density at radius 2 is 2.17 bits per heavy atom. The van der Waals surface area contributed by atoms with Gasteiger partial charge in [-0.3, -0.25) is 4.79 Å². The number of hydrogen-bond donors (Lipinski definition) is 2. The average Bonchev–Trinajstić information content (AvgIpc) is 2.77. The highest BCUT2D eigenvalue weighted by molar-refractivity contribution is 6.30. The highest BCUT2D eigenvalue weighted by Gasteiger charge is 2.15. The molecule has 0 radical (unpaired) electrons. The first-order valence-corrected chi connectivity index (χ1v) is 5.77. The maximum atomic E-state index is 10.6. The summed E-state index contributed by atoms with van der Waals surface area (Å²) in [5.41, 5.74) is 6.55. The van der Waals surface area contributed by atoms with Crippen LogP contribution in [-0.4, -0.2) is 11.1 Å². The molecule has 18 heavy (non-hydrogen) atoms. The Morgan fingerprint density at radius 1 is 1.39 bits per heavy atom. The molecular formula is C13H12ClNO3. The molecule has 4 nitrogen and oxygen atoms in total. The van der Waals surface area contributed by atoms with Crippen molar-refractivity contribution in [2.24, 2.45) is 5.73 Å². The number of carboxylic acids is 1. The molecule has 0 amide bonds. The van der Waals surface area contributed by atoms with Gasteiger partial charge in [0.1, 0.15) is 11.5 Å². The zero-order valence-electron chi connectivity index (χ0n) is 9.47. The number of carbonyl (C=O) groups is 1. The smallest absolute Gasteiger partial charge is 0.305 e. The molecule has 1 unspecified atom stereocenters. The summed E-state index contributed by atoms with van der Waals surface area (Å²) in [5.74, 6) is 0.115. The third kappa shape index (κ3) is 2.91. The number of benzene rings is 1. The maximum absolute atomic E-state index is 10.6. The summed E-state index contributed by atoms with van der Waals surface area (Å²) in [6.45, 7) is 0. The zero-order valence-corrected chi connectivity index (χ0v) is 10.2. The van der Waals surface area contributed by atoms with Gasteiger partial charge >= 0.3 is 5.97 Å². The van der Waals surface area contributed by atoms with Gasteiger partial charge < -0.3 is 15.3 Å². The molecule has 0 aliphatic heterocycles. The Kier molecular flexibility index (Phi) is 3.69. The van der Waals surface area contributed by atoms with Gasteiger partial charge in [0.2, 0.25) is 0 Å². The van der Waals surface area contributed by atoms with E-state index >= 15 is 0 Å². The van der Waals surface area contributed by atoms with Crippen molar-refractivity contribution in [1.82, 2.24) is 0 Å². The molecule has 2 rings (SSSR count). The fourth-order valence-electron chi connectivity index (χ4n) is 1.64. The second-order valence-corrected chi connectivity index (χ2v) is 4.35. The minimum Gasteiger partial charge on any atom is -0.481 e. The summed E-state index contributed by atoms with van der Waals surface area (Å²) < 4.78 is 5.54. The molecule has 0 aliphatic carbocycles. The van der Waals surface area contributed by atoms with E-state index in [1.807, 2.05) is 12.1 Å². The summed E-state index contributed by atoms with van der Waals surface area (Å²) >= 11 is 5.89. The van der Waals surface area contributed by atoms with Crippen molar-refractivity contribution in [1.29, 1.82) is 0 Å². The van der Waals surface area contributed by atoms with Crippen LogP contribution in [0.25, 0.3) is 11.3 Å². The number of carboxylic acid groups (broad SMARTS) is 1. The fraction of sp³-hybridized carbons (Fsp3) is 0.154. The first kappa shape index (κ1) is 12.7. The maximum Gasteiger partial charge on any atom is 0.305 e. The van der Waals surface area contributed by atoms with E-state index in [4.69, 9.17) is 26.9 Å². The molecule has 0 fully saturated rings. The van der Waals surface area contributed by atoms with E-state index in [0.717, 1.165) is 5.56 Å². The van der Waals surface area contributed by atoms with Gasteiger partial charge in [0.15, 0.2) is 0 Å². The molecule has 0 saturated carbocycles. The molecule has 94 valence electrons. The van der Waals surface area contributed by atoms with Gasteiger partial charge in [0.25, 0.3) is 0 Å². The predicted octanol–water partition coefficient (Wildman–Crippen LogP) is 3.07. The van der Waals surface area contributed by atoms with Crippen molar-refractivity contribution < 1.29 is 14.3 Å². The lowest BCUT2D eigenvalue weighted by atomic mass is 10.1. The highest BCUT2D eigenvalue weighted by Crippen LogP contribution is 2.27. The molecule has 0 aliphatic rings. The first-order valence-electron chi connectivity index (χ1n) is 5.39. The molecule has 0 spiro atoms. The van der Waals surface area contributed by atoms with Gasteiger partial charge in [-0.1, -0.05) is 23.7 Å². The Hall–Kier alpha value is -1.78. The summed E-state index contributed by atoms with van der Waals surface area (Å²) in [4.78, 5) is 10.6. The molecular weight excluding hydrogens is 254 g/mol. The van der Waals surface area contributed by atoms with Crippen LogP contribution in [0.1, 0.15) is 18.2 Å². The fourth-order valence-corrected chi connectivity index (χ4v) is 1.83. The molecule has 3 N–H and O–H groups in total. The van der Waals surface area contributed by atoms with Crippen molar-refractivity contribution in [3.63, 3.8) is 0 Å². The van der Waals surface area contributed by atoms with Gasteiger partial charge in [-0.15, -0.1) is 0 Å². The van der Waals surface area contributed by atoms with Gasteiger partial charge in [0.05, 0.1) is 12.5 Å². The van der Waals surface area contributed by atoms with Crippen molar-refractivity contribution >= 4 is 17.6 Å². The first-order chi connectivity index (χ1) is 8.56. The molecule has 0 bridgehead atoms. The van der Waals surface area contributed by atoms with Crippen molar-refractivity contribution in [2.45, 2.75) is 12.5 Å². The monoisotopic (exact) mass is 265 g/mol. The lowest BCUT2D eigenvalue weighted by Crippen LogP contribution is -2.14. The molecule has 1 aromatic heterocycles. The van der Waals surface area contributed by atoms with Crippen LogP contribution >= 0.6 is 11.6 Å². The van der Waals surface area contributed by atoms with Crippen LogP contribution < -0.4 is 5.73 Å². The lowest BCUT2D eigenvalue weighted by molar-refractivity contribution is -0.137. The van der Waals surface area contributed by atoms with E-state index in [1.54, 1.807) is 24.3 Å². The van der Waals surface area contributed by atoms with E-state index < -0.39 is 12.0 Å². The number of aliphatic carboxylic acids is 1. The highest BCUT2D eigenvalue weighted by atomic mass is 35.5. The van der Waals surface area contributed by atoms with Crippen molar-refractivity contribution in [3.05, 3.63) is 47.2 Å². The van der Waals surface area contributed by atoms with Gasteiger partial charge in [-0.2, -0.15) is 0 Å². The number of rotatable bonds is 4. The molecule has 0 saturated heterocycles. The van der Waals surface area contributed by atoms with Crippen LogP contribution in [0, 0.1) is 0 Å². The molecule has 1 atom stereocenters. The van der Waals surface area contributed by atoms with Gasteiger partial charge in [-0.05, 0) is 24.3 Å². The summed E-state index contributed by atoms with van der Waals surface area (Å²) in [6, 6.07) is 10.0. The number of furan rings is 1. The number of hydrogen-bond acceptors (Lipinski definition) is 3. The third-order valence-electron chi connectivity index (χ3n) is 2.50. The average molecular weight is 266 g/mol. The second-order valence-electron chi connectivity index (χ2n) is 3.92. The summed E-state index contributed by atoms with van der Waals surface area (Å²) in [7, 11) is 0. The second kappa shape index (κ2) is 5.25. The van der Waals surface area contributed by atoms with E-state index in [1.165, 1.54) is 0 Å². The lowest BCUT2D eigenvalue weighted by Gasteiger charge is -2.04. The van der Waals surface area contributed by atoms with E-state index in [0.29, 0.717) is 16.5 Å². The van der Waals surface area contributed by atoms with Crippen molar-refractivity contribution in [3.8, 4) is 11.3 Å². The van der Waals surface area contributed by atoms with E-state index in [-0.39, 0.29) is 6.42 Å². The van der Waals surface area contributed by atoms with Crippen LogP contribution in [0.4, 0.5) is 0 Å². The summed E-state index contributed by atoms with van der Waals surface area (Å²) in [5, 5.41) is 9.28. The van der Waals surface area contributed by atoms with Crippen molar-refractivity contribution in [2.75, 3.05) is 0 Å². The predicted molar refractivity (Wildman–Crippen MR) is 68.3 cm³/mol. The molecule has 2 aromatic rings. The van der Waals surface area contributed by atoms with Gasteiger partial charge in [0, 0.05) is 10.6 Å². The van der Waals surface area contributed by atoms with Crippen LogP contribution in [0.15, 0.2) is 40.8 Å². The van der Waals surface area contributed by atoms with Crippen LogP contribution in [0.3, 0.4) is 0 Å². The Labute approximate surface area is 109 Å².